The second-order valence-electron chi connectivity index (χ2n) is 4.16. The largest absolute Gasteiger partial charge is 0.455 e. The fourth-order valence-corrected chi connectivity index (χ4v) is 1.59. The van der Waals surface area contributed by atoms with E-state index in [0.29, 0.717) is 12.8 Å². The molecule has 0 N–H and O–H groups in total. The summed E-state index contributed by atoms with van der Waals surface area (Å²) in [4.78, 5) is 22.7. The van der Waals surface area contributed by atoms with Gasteiger partial charge in [0.2, 0.25) is 0 Å². The molecule has 3 nitrogen and oxygen atoms in total. The maximum absolute atomic E-state index is 11.8. The number of esters is 1. The number of carbonyl (C=O) groups excluding carboxylic acids is 2. The van der Waals surface area contributed by atoms with Gasteiger partial charge in [-0.3, -0.25) is 9.59 Å². The number of Topliss-reactive ketones (excluding diaryl/α,β-unsaturated/α-hetero) is 1. The van der Waals surface area contributed by atoms with Gasteiger partial charge in [0.1, 0.15) is 0 Å². The SMILES string of the molecule is CCCCCC(=O)C(CCCC)OC(C)=O. The molecular weight excluding hydrogens is 204 g/mol. The Morgan fingerprint density at radius 2 is 1.69 bits per heavy atom. The lowest BCUT2D eigenvalue weighted by molar-refractivity contribution is -0.153. The van der Waals surface area contributed by atoms with Crippen molar-refractivity contribution in [3.05, 3.63) is 0 Å². The topological polar surface area (TPSA) is 43.4 Å². The molecule has 94 valence electrons. The molecule has 0 fully saturated rings. The van der Waals surface area contributed by atoms with Gasteiger partial charge in [-0.25, -0.2) is 0 Å². The first-order valence-corrected chi connectivity index (χ1v) is 6.31. The highest BCUT2D eigenvalue weighted by atomic mass is 16.5. The van der Waals surface area contributed by atoms with Crippen LogP contribution >= 0.6 is 0 Å². The van der Waals surface area contributed by atoms with Gasteiger partial charge in [-0.2, -0.15) is 0 Å². The molecule has 0 amide bonds. The molecule has 0 aliphatic rings. The third-order valence-electron chi connectivity index (χ3n) is 2.51. The number of ketones is 1. The average molecular weight is 228 g/mol. The number of hydrogen-bond acceptors (Lipinski definition) is 3. The Morgan fingerprint density at radius 3 is 2.19 bits per heavy atom. The minimum atomic E-state index is -0.505. The van der Waals surface area contributed by atoms with Gasteiger partial charge < -0.3 is 4.74 Å². The predicted molar refractivity (Wildman–Crippen MR) is 64.2 cm³/mol. The van der Waals surface area contributed by atoms with Crippen LogP contribution in [0.4, 0.5) is 0 Å². The maximum atomic E-state index is 11.8. The number of rotatable bonds is 9. The van der Waals surface area contributed by atoms with E-state index in [1.54, 1.807) is 0 Å². The van der Waals surface area contributed by atoms with Crippen molar-refractivity contribution in [2.45, 2.75) is 71.8 Å². The predicted octanol–water partition coefficient (Wildman–Crippen LogP) is 3.26. The first kappa shape index (κ1) is 15.1. The van der Waals surface area contributed by atoms with Gasteiger partial charge in [0.05, 0.1) is 0 Å². The Balaban J connectivity index is 4.04. The normalized spacial score (nSPS) is 12.2. The van der Waals surface area contributed by atoms with E-state index in [1.165, 1.54) is 6.92 Å². The highest BCUT2D eigenvalue weighted by molar-refractivity contribution is 5.85. The molecule has 0 radical (unpaired) electrons. The highest BCUT2D eigenvalue weighted by Gasteiger charge is 2.19. The van der Waals surface area contributed by atoms with E-state index in [1.807, 2.05) is 0 Å². The second kappa shape index (κ2) is 9.37. The van der Waals surface area contributed by atoms with Crippen molar-refractivity contribution in [2.75, 3.05) is 0 Å². The van der Waals surface area contributed by atoms with Gasteiger partial charge >= 0.3 is 5.97 Å². The molecule has 0 rings (SSSR count). The first-order valence-electron chi connectivity index (χ1n) is 6.31. The van der Waals surface area contributed by atoms with Crippen molar-refractivity contribution in [2.24, 2.45) is 0 Å². The fourth-order valence-electron chi connectivity index (χ4n) is 1.59. The van der Waals surface area contributed by atoms with E-state index in [2.05, 4.69) is 13.8 Å². The summed E-state index contributed by atoms with van der Waals surface area (Å²) < 4.78 is 5.06. The zero-order valence-corrected chi connectivity index (χ0v) is 10.8. The van der Waals surface area contributed by atoms with E-state index in [0.717, 1.165) is 32.1 Å². The summed E-state index contributed by atoms with van der Waals surface area (Å²) in [5, 5.41) is 0. The zero-order chi connectivity index (χ0) is 12.4. The number of unbranched alkanes of at least 4 members (excludes halogenated alkanes) is 3. The summed E-state index contributed by atoms with van der Waals surface area (Å²) in [5.74, 6) is -0.276. The number of ether oxygens (including phenoxy) is 1. The Labute approximate surface area is 98.6 Å². The molecule has 0 saturated heterocycles. The Morgan fingerprint density at radius 1 is 1.06 bits per heavy atom. The molecule has 1 atom stereocenters. The minimum absolute atomic E-state index is 0.0806. The average Bonchev–Trinajstić information content (AvgIpc) is 2.23. The quantitative estimate of drug-likeness (QED) is 0.449. The van der Waals surface area contributed by atoms with Crippen LogP contribution in [-0.4, -0.2) is 17.9 Å². The molecule has 0 aromatic rings. The van der Waals surface area contributed by atoms with Crippen molar-refractivity contribution in [3.8, 4) is 0 Å². The molecule has 1 unspecified atom stereocenters. The molecule has 0 aromatic carbocycles. The third kappa shape index (κ3) is 7.43. The standard InChI is InChI=1S/C13H24O3/c1-4-6-8-9-12(15)13(10-7-5-2)16-11(3)14/h13H,4-10H2,1-3H3. The maximum Gasteiger partial charge on any atom is 0.303 e. The molecular formula is C13H24O3. The van der Waals surface area contributed by atoms with Crippen molar-refractivity contribution >= 4 is 11.8 Å². The Hall–Kier alpha value is -0.860. The lowest BCUT2D eigenvalue weighted by Gasteiger charge is -2.15. The van der Waals surface area contributed by atoms with E-state index in [9.17, 15) is 9.59 Å². The fraction of sp³-hybridized carbons (Fsp3) is 0.846. The van der Waals surface area contributed by atoms with E-state index in [4.69, 9.17) is 4.74 Å². The second-order valence-corrected chi connectivity index (χ2v) is 4.16. The van der Waals surface area contributed by atoms with E-state index in [-0.39, 0.29) is 11.8 Å². The molecule has 16 heavy (non-hydrogen) atoms. The van der Waals surface area contributed by atoms with Crippen molar-refractivity contribution in [1.82, 2.24) is 0 Å². The lowest BCUT2D eigenvalue weighted by Crippen LogP contribution is -2.26. The summed E-state index contributed by atoms with van der Waals surface area (Å²) in [7, 11) is 0. The van der Waals surface area contributed by atoms with Gasteiger partial charge in [0.15, 0.2) is 11.9 Å². The van der Waals surface area contributed by atoms with Crippen LogP contribution in [0.25, 0.3) is 0 Å². The van der Waals surface area contributed by atoms with Crippen LogP contribution in [0.5, 0.6) is 0 Å². The van der Waals surface area contributed by atoms with Crippen molar-refractivity contribution in [3.63, 3.8) is 0 Å². The van der Waals surface area contributed by atoms with Gasteiger partial charge in [-0.05, 0) is 19.3 Å². The lowest BCUT2D eigenvalue weighted by atomic mass is 10.0. The van der Waals surface area contributed by atoms with Gasteiger partial charge in [0.25, 0.3) is 0 Å². The van der Waals surface area contributed by atoms with Gasteiger partial charge in [-0.15, -0.1) is 0 Å². The van der Waals surface area contributed by atoms with E-state index < -0.39 is 6.10 Å². The van der Waals surface area contributed by atoms with Crippen LogP contribution in [-0.2, 0) is 14.3 Å². The van der Waals surface area contributed by atoms with E-state index >= 15 is 0 Å². The zero-order valence-electron chi connectivity index (χ0n) is 10.8. The van der Waals surface area contributed by atoms with Crippen LogP contribution in [0, 0.1) is 0 Å². The molecule has 0 saturated carbocycles. The summed E-state index contributed by atoms with van der Waals surface area (Å²) in [5.41, 5.74) is 0. The summed E-state index contributed by atoms with van der Waals surface area (Å²) >= 11 is 0. The molecule has 0 spiro atoms. The van der Waals surface area contributed by atoms with Crippen LogP contribution in [0.15, 0.2) is 0 Å². The van der Waals surface area contributed by atoms with Crippen LogP contribution in [0.3, 0.4) is 0 Å². The Kier molecular flexibility index (Phi) is 8.87. The smallest absolute Gasteiger partial charge is 0.303 e. The van der Waals surface area contributed by atoms with Gasteiger partial charge in [-0.1, -0.05) is 33.1 Å². The highest BCUT2D eigenvalue weighted by Crippen LogP contribution is 2.11. The summed E-state index contributed by atoms with van der Waals surface area (Å²) in [6.45, 7) is 5.52. The third-order valence-corrected chi connectivity index (χ3v) is 2.51. The van der Waals surface area contributed by atoms with Crippen LogP contribution < -0.4 is 0 Å². The number of hydrogen-bond donors (Lipinski definition) is 0. The Bertz CT molecular complexity index is 211. The number of carbonyl (C=O) groups is 2. The molecule has 0 heterocycles. The molecule has 3 heteroatoms. The molecule has 0 aliphatic heterocycles. The van der Waals surface area contributed by atoms with Crippen LogP contribution in [0.1, 0.15) is 65.7 Å². The summed E-state index contributed by atoms with van der Waals surface area (Å²) in [6, 6.07) is 0. The summed E-state index contributed by atoms with van der Waals surface area (Å²) in [6.07, 6.45) is 5.70. The minimum Gasteiger partial charge on any atom is -0.455 e. The molecule has 0 aromatic heterocycles. The van der Waals surface area contributed by atoms with Crippen LogP contribution in [0.2, 0.25) is 0 Å². The van der Waals surface area contributed by atoms with Crippen molar-refractivity contribution in [1.29, 1.82) is 0 Å². The monoisotopic (exact) mass is 228 g/mol. The van der Waals surface area contributed by atoms with Gasteiger partial charge in [0, 0.05) is 13.3 Å². The van der Waals surface area contributed by atoms with Crippen molar-refractivity contribution < 1.29 is 14.3 Å². The molecule has 0 bridgehead atoms. The molecule has 0 aliphatic carbocycles. The first-order chi connectivity index (χ1) is 7.61.